The van der Waals surface area contributed by atoms with Gasteiger partial charge in [-0.05, 0) is 31.2 Å². The largest absolute Gasteiger partial charge is 0.418 e. The molecular formula is C19H16ClF3N4OS. The van der Waals surface area contributed by atoms with E-state index in [0.29, 0.717) is 28.1 Å². The highest BCUT2D eigenvalue weighted by Crippen LogP contribution is 2.35. The quantitative estimate of drug-likeness (QED) is 0.523. The van der Waals surface area contributed by atoms with Gasteiger partial charge in [-0.15, -0.1) is 10.2 Å². The van der Waals surface area contributed by atoms with E-state index >= 15 is 0 Å². The molecule has 0 spiro atoms. The zero-order valence-corrected chi connectivity index (χ0v) is 16.8. The molecule has 0 unspecified atom stereocenters. The van der Waals surface area contributed by atoms with Crippen LogP contribution in [0.2, 0.25) is 5.02 Å². The first kappa shape index (κ1) is 21.2. The van der Waals surface area contributed by atoms with Crippen LogP contribution in [0.5, 0.6) is 0 Å². The average Bonchev–Trinajstić information content (AvgIpc) is 3.09. The van der Waals surface area contributed by atoms with Gasteiger partial charge in [0, 0.05) is 12.1 Å². The van der Waals surface area contributed by atoms with Crippen molar-refractivity contribution in [2.24, 2.45) is 0 Å². The number of thioether (sulfide) groups is 1. The number of halogens is 4. The summed E-state index contributed by atoms with van der Waals surface area (Å²) in [5, 5.41) is 11.6. The molecule has 3 rings (SSSR count). The molecule has 0 aliphatic rings. The summed E-state index contributed by atoms with van der Waals surface area (Å²) in [5.74, 6) is -0.132. The van der Waals surface area contributed by atoms with Gasteiger partial charge in [-0.1, -0.05) is 47.6 Å². The van der Waals surface area contributed by atoms with Gasteiger partial charge in [-0.3, -0.25) is 4.79 Å². The molecule has 1 N–H and O–H groups in total. The van der Waals surface area contributed by atoms with Crippen LogP contribution in [0.1, 0.15) is 12.5 Å². The molecule has 5 nitrogen and oxygen atoms in total. The van der Waals surface area contributed by atoms with Crippen LogP contribution in [0.25, 0.3) is 11.4 Å². The predicted octanol–water partition coefficient (Wildman–Crippen LogP) is 5.37. The Bertz CT molecular complexity index is 1020. The van der Waals surface area contributed by atoms with Gasteiger partial charge in [0.25, 0.3) is 0 Å². The summed E-state index contributed by atoms with van der Waals surface area (Å²) in [4.78, 5) is 12.2. The number of benzene rings is 2. The van der Waals surface area contributed by atoms with Crippen molar-refractivity contribution < 1.29 is 18.0 Å². The molecule has 0 saturated carbocycles. The molecule has 0 fully saturated rings. The Morgan fingerprint density at radius 3 is 2.52 bits per heavy atom. The van der Waals surface area contributed by atoms with E-state index in [4.69, 9.17) is 11.6 Å². The lowest BCUT2D eigenvalue weighted by Gasteiger charge is -2.13. The number of alkyl halides is 3. The highest BCUT2D eigenvalue weighted by atomic mass is 35.5. The summed E-state index contributed by atoms with van der Waals surface area (Å²) in [6, 6.07) is 12.0. The van der Waals surface area contributed by atoms with Gasteiger partial charge < -0.3 is 9.88 Å². The number of carbonyl (C=O) groups is 1. The maximum atomic E-state index is 13.1. The van der Waals surface area contributed by atoms with Gasteiger partial charge in [0.15, 0.2) is 11.0 Å². The van der Waals surface area contributed by atoms with Crippen LogP contribution in [-0.4, -0.2) is 26.4 Å². The number of hydrogen-bond acceptors (Lipinski definition) is 4. The SMILES string of the molecule is CCn1c(SCC(=O)Nc2ccccc2C(F)(F)F)nnc1-c1ccccc1Cl. The summed E-state index contributed by atoms with van der Waals surface area (Å²) in [6.07, 6.45) is -4.55. The van der Waals surface area contributed by atoms with Crippen molar-refractivity contribution in [2.45, 2.75) is 24.8 Å². The Balaban J connectivity index is 1.73. The van der Waals surface area contributed by atoms with Crippen molar-refractivity contribution in [3.05, 3.63) is 59.1 Å². The van der Waals surface area contributed by atoms with E-state index in [1.54, 1.807) is 16.7 Å². The Morgan fingerprint density at radius 1 is 1.14 bits per heavy atom. The standard InChI is InChI=1S/C19H16ClF3N4OS/c1-2-27-17(12-7-3-5-9-14(12)20)25-26-18(27)29-11-16(28)24-15-10-6-4-8-13(15)19(21,22)23/h3-10H,2,11H2,1H3,(H,24,28). The summed E-state index contributed by atoms with van der Waals surface area (Å²) in [5.41, 5.74) is -0.464. The van der Waals surface area contributed by atoms with Gasteiger partial charge in [-0.25, -0.2) is 0 Å². The minimum atomic E-state index is -4.55. The minimum absolute atomic E-state index is 0.118. The summed E-state index contributed by atoms with van der Waals surface area (Å²) >= 11 is 7.31. The number of hydrogen-bond donors (Lipinski definition) is 1. The highest BCUT2D eigenvalue weighted by Gasteiger charge is 2.33. The smallest absolute Gasteiger partial charge is 0.325 e. The van der Waals surface area contributed by atoms with Gasteiger partial charge >= 0.3 is 6.18 Å². The van der Waals surface area contributed by atoms with Crippen LogP contribution < -0.4 is 5.32 Å². The van der Waals surface area contributed by atoms with Crippen molar-refractivity contribution in [3.8, 4) is 11.4 Å². The van der Waals surface area contributed by atoms with E-state index in [0.717, 1.165) is 17.8 Å². The minimum Gasteiger partial charge on any atom is -0.325 e. The Hall–Kier alpha value is -2.52. The lowest BCUT2D eigenvalue weighted by Crippen LogP contribution is -2.18. The third kappa shape index (κ3) is 4.91. The third-order valence-corrected chi connectivity index (χ3v) is 5.28. The summed E-state index contributed by atoms with van der Waals surface area (Å²) in [7, 11) is 0. The molecule has 152 valence electrons. The van der Waals surface area contributed by atoms with Crippen molar-refractivity contribution in [2.75, 3.05) is 11.1 Å². The number of para-hydroxylation sites is 1. The van der Waals surface area contributed by atoms with E-state index in [2.05, 4.69) is 15.5 Å². The van der Waals surface area contributed by atoms with E-state index in [1.165, 1.54) is 18.2 Å². The fourth-order valence-corrected chi connectivity index (χ4v) is 3.70. The third-order valence-electron chi connectivity index (χ3n) is 3.99. The van der Waals surface area contributed by atoms with E-state index in [-0.39, 0.29) is 11.4 Å². The molecule has 0 bridgehead atoms. The number of amides is 1. The highest BCUT2D eigenvalue weighted by molar-refractivity contribution is 7.99. The molecule has 2 aromatic carbocycles. The summed E-state index contributed by atoms with van der Waals surface area (Å²) in [6.45, 7) is 2.43. The van der Waals surface area contributed by atoms with Gasteiger partial charge in [0.1, 0.15) is 0 Å². The van der Waals surface area contributed by atoms with Crippen LogP contribution in [0.3, 0.4) is 0 Å². The Kier molecular flexibility index (Phi) is 6.49. The first-order valence-electron chi connectivity index (χ1n) is 8.58. The van der Waals surface area contributed by atoms with Crippen LogP contribution in [0, 0.1) is 0 Å². The molecule has 10 heteroatoms. The molecular weight excluding hydrogens is 425 g/mol. The van der Waals surface area contributed by atoms with Crippen molar-refractivity contribution >= 4 is 35.0 Å². The first-order valence-corrected chi connectivity index (χ1v) is 9.94. The monoisotopic (exact) mass is 440 g/mol. The molecule has 0 radical (unpaired) electrons. The predicted molar refractivity (Wildman–Crippen MR) is 107 cm³/mol. The molecule has 3 aromatic rings. The second-order valence-electron chi connectivity index (χ2n) is 5.91. The Morgan fingerprint density at radius 2 is 1.83 bits per heavy atom. The molecule has 0 atom stereocenters. The number of aromatic nitrogens is 3. The van der Waals surface area contributed by atoms with Crippen LogP contribution in [-0.2, 0) is 17.5 Å². The maximum Gasteiger partial charge on any atom is 0.418 e. The second kappa shape index (κ2) is 8.87. The molecule has 0 aliphatic carbocycles. The van der Waals surface area contributed by atoms with Crippen molar-refractivity contribution in [1.82, 2.24) is 14.8 Å². The van der Waals surface area contributed by atoms with E-state index < -0.39 is 17.6 Å². The molecule has 1 heterocycles. The van der Waals surface area contributed by atoms with E-state index in [9.17, 15) is 18.0 Å². The lowest BCUT2D eigenvalue weighted by molar-refractivity contribution is -0.137. The first-order chi connectivity index (χ1) is 13.8. The molecule has 0 saturated heterocycles. The zero-order chi connectivity index (χ0) is 21.0. The van der Waals surface area contributed by atoms with Gasteiger partial charge in [-0.2, -0.15) is 13.2 Å². The number of nitrogens with one attached hydrogen (secondary N) is 1. The number of rotatable bonds is 6. The Labute approximate surface area is 174 Å². The van der Waals surface area contributed by atoms with Crippen molar-refractivity contribution in [1.29, 1.82) is 0 Å². The van der Waals surface area contributed by atoms with Crippen molar-refractivity contribution in [3.63, 3.8) is 0 Å². The van der Waals surface area contributed by atoms with Gasteiger partial charge in [0.05, 0.1) is 22.0 Å². The molecule has 1 amide bonds. The molecule has 0 aliphatic heterocycles. The number of anilines is 1. The van der Waals surface area contributed by atoms with Crippen LogP contribution >= 0.6 is 23.4 Å². The topological polar surface area (TPSA) is 59.8 Å². The molecule has 1 aromatic heterocycles. The fraction of sp³-hybridized carbons (Fsp3) is 0.211. The van der Waals surface area contributed by atoms with Crippen LogP contribution in [0.4, 0.5) is 18.9 Å². The number of carbonyl (C=O) groups excluding carboxylic acids is 1. The fourth-order valence-electron chi connectivity index (χ4n) is 2.68. The second-order valence-corrected chi connectivity index (χ2v) is 7.26. The maximum absolute atomic E-state index is 13.1. The van der Waals surface area contributed by atoms with E-state index in [1.807, 2.05) is 19.1 Å². The normalized spacial score (nSPS) is 11.5. The summed E-state index contributed by atoms with van der Waals surface area (Å²) < 4.78 is 41.0. The lowest BCUT2D eigenvalue weighted by atomic mass is 10.1. The molecule has 29 heavy (non-hydrogen) atoms. The number of nitrogens with zero attached hydrogens (tertiary/aromatic N) is 3. The average molecular weight is 441 g/mol. The van der Waals surface area contributed by atoms with Crippen LogP contribution in [0.15, 0.2) is 53.7 Å². The van der Waals surface area contributed by atoms with Gasteiger partial charge in [0.2, 0.25) is 5.91 Å². The zero-order valence-electron chi connectivity index (χ0n) is 15.2.